The van der Waals surface area contributed by atoms with Crippen LogP contribution in [0.25, 0.3) is 0 Å². The minimum absolute atomic E-state index is 0.0298. The number of rotatable bonds is 5. The van der Waals surface area contributed by atoms with Crippen LogP contribution in [-0.4, -0.2) is 35.3 Å². The molecule has 0 fully saturated rings. The monoisotopic (exact) mass is 226 g/mol. The van der Waals surface area contributed by atoms with Crippen LogP contribution in [-0.2, 0) is 11.3 Å². The van der Waals surface area contributed by atoms with Crippen molar-refractivity contribution in [3.05, 3.63) is 29.6 Å². The lowest BCUT2D eigenvalue weighted by molar-refractivity contribution is 0.0814. The van der Waals surface area contributed by atoms with E-state index < -0.39 is 0 Å². The molecule has 0 spiro atoms. The van der Waals surface area contributed by atoms with E-state index in [1.54, 1.807) is 19.4 Å². The fourth-order valence-electron chi connectivity index (χ4n) is 1.09. The van der Waals surface area contributed by atoms with Gasteiger partial charge in [-0.3, -0.25) is 4.98 Å². The van der Waals surface area contributed by atoms with Crippen molar-refractivity contribution in [3.8, 4) is 0 Å². The Morgan fingerprint density at radius 3 is 3.07 bits per heavy atom. The number of nitrogens with zero attached hydrogens (tertiary/aromatic N) is 1. The molecule has 1 heterocycles. The molecule has 0 aliphatic heterocycles. The van der Waals surface area contributed by atoms with E-state index in [1.165, 1.54) is 0 Å². The Morgan fingerprint density at radius 2 is 2.40 bits per heavy atom. The Bertz CT molecular complexity index is 331. The molecule has 0 aliphatic rings. The van der Waals surface area contributed by atoms with E-state index >= 15 is 0 Å². The van der Waals surface area contributed by atoms with Crippen molar-refractivity contribution < 1.29 is 9.84 Å². The lowest BCUT2D eigenvalue weighted by Crippen LogP contribution is -2.17. The molecule has 1 aromatic rings. The van der Waals surface area contributed by atoms with Gasteiger partial charge in [-0.25, -0.2) is 0 Å². The Kier molecular flexibility index (Phi) is 5.17. The van der Waals surface area contributed by atoms with Gasteiger partial charge < -0.3 is 15.2 Å². The average Bonchev–Trinajstić information content (AvgIpc) is 2.29. The summed E-state index contributed by atoms with van der Waals surface area (Å²) in [5.74, 6) is 0. The van der Waals surface area contributed by atoms with Crippen molar-refractivity contribution in [2.24, 2.45) is 0 Å². The lowest BCUT2D eigenvalue weighted by Gasteiger charge is -2.05. The molecule has 0 amide bonds. The number of ether oxygens (including phenoxy) is 1. The van der Waals surface area contributed by atoms with E-state index in [2.05, 4.69) is 10.3 Å². The van der Waals surface area contributed by atoms with Gasteiger partial charge in [0.25, 0.3) is 0 Å². The molecule has 4 nitrogen and oxygen atoms in total. The minimum atomic E-state index is 0.0298. The molecule has 15 heavy (non-hydrogen) atoms. The van der Waals surface area contributed by atoms with Gasteiger partial charge in [0.2, 0.25) is 0 Å². The molecule has 0 atom stereocenters. The van der Waals surface area contributed by atoms with Gasteiger partial charge in [-0.2, -0.15) is 0 Å². The zero-order valence-corrected chi connectivity index (χ0v) is 9.38. The smallest absolute Gasteiger partial charge is 0.107 e. The fourth-order valence-corrected chi connectivity index (χ4v) is 1.20. The van der Waals surface area contributed by atoms with Crippen LogP contribution in [0.5, 0.6) is 0 Å². The predicted octanol–water partition coefficient (Wildman–Crippen LogP) is 0.485. The summed E-state index contributed by atoms with van der Waals surface area (Å²) in [4.78, 5) is 4.72. The zero-order valence-electron chi connectivity index (χ0n) is 8.56. The van der Waals surface area contributed by atoms with Crippen LogP contribution >= 0.6 is 12.2 Å². The highest BCUT2D eigenvalue weighted by Crippen LogP contribution is 2.04. The van der Waals surface area contributed by atoms with Gasteiger partial charge in [-0.05, 0) is 11.6 Å². The lowest BCUT2D eigenvalue weighted by atomic mass is 10.2. The van der Waals surface area contributed by atoms with E-state index in [0.717, 1.165) is 11.1 Å². The second-order valence-electron chi connectivity index (χ2n) is 2.94. The Hall–Kier alpha value is -1.04. The number of hydrogen-bond donors (Lipinski definition) is 2. The van der Waals surface area contributed by atoms with Gasteiger partial charge in [-0.1, -0.05) is 12.2 Å². The van der Waals surface area contributed by atoms with Gasteiger partial charge in [0.1, 0.15) is 4.99 Å². The van der Waals surface area contributed by atoms with Crippen molar-refractivity contribution in [2.45, 2.75) is 6.61 Å². The SMILES string of the molecule is CNC(=S)c1cncc(COCCO)c1. The molecule has 0 saturated heterocycles. The Labute approximate surface area is 94.3 Å². The largest absolute Gasteiger partial charge is 0.394 e. The summed E-state index contributed by atoms with van der Waals surface area (Å²) < 4.78 is 5.18. The molecule has 0 saturated carbocycles. The molecule has 2 N–H and O–H groups in total. The second kappa shape index (κ2) is 6.44. The summed E-state index contributed by atoms with van der Waals surface area (Å²) in [7, 11) is 1.78. The summed E-state index contributed by atoms with van der Waals surface area (Å²) in [6.45, 7) is 0.802. The third kappa shape index (κ3) is 3.91. The highest BCUT2D eigenvalue weighted by molar-refractivity contribution is 7.80. The van der Waals surface area contributed by atoms with Crippen molar-refractivity contribution in [3.63, 3.8) is 0 Å². The van der Waals surface area contributed by atoms with E-state index in [4.69, 9.17) is 22.1 Å². The number of nitrogens with one attached hydrogen (secondary N) is 1. The summed E-state index contributed by atoms with van der Waals surface area (Å²) in [5, 5.41) is 11.4. The Balaban J connectivity index is 2.62. The molecule has 0 aromatic carbocycles. The third-order valence-electron chi connectivity index (χ3n) is 1.79. The van der Waals surface area contributed by atoms with Gasteiger partial charge in [-0.15, -0.1) is 0 Å². The number of thiocarbonyl (C=S) groups is 1. The molecule has 0 unspecified atom stereocenters. The molecular formula is C10H14N2O2S. The highest BCUT2D eigenvalue weighted by Gasteiger charge is 2.01. The maximum atomic E-state index is 8.55. The fraction of sp³-hybridized carbons (Fsp3) is 0.400. The second-order valence-corrected chi connectivity index (χ2v) is 3.35. The van der Waals surface area contributed by atoms with Crippen molar-refractivity contribution in [1.82, 2.24) is 10.3 Å². The quantitative estimate of drug-likeness (QED) is 0.565. The van der Waals surface area contributed by atoms with Gasteiger partial charge in [0.05, 0.1) is 19.8 Å². The topological polar surface area (TPSA) is 54.4 Å². The number of aliphatic hydroxyl groups excluding tert-OH is 1. The van der Waals surface area contributed by atoms with Gasteiger partial charge in [0, 0.05) is 25.0 Å². The minimum Gasteiger partial charge on any atom is -0.394 e. The Morgan fingerprint density at radius 1 is 1.60 bits per heavy atom. The van der Waals surface area contributed by atoms with Crippen LogP contribution in [0.1, 0.15) is 11.1 Å². The predicted molar refractivity (Wildman–Crippen MR) is 61.7 cm³/mol. The number of pyridine rings is 1. The number of aliphatic hydroxyl groups is 1. The summed E-state index contributed by atoms with van der Waals surface area (Å²) in [6, 6.07) is 1.92. The van der Waals surface area contributed by atoms with Crippen LogP contribution < -0.4 is 5.32 Å². The van der Waals surface area contributed by atoms with E-state index in [1.807, 2.05) is 6.07 Å². The summed E-state index contributed by atoms with van der Waals surface area (Å²) >= 11 is 5.08. The molecule has 5 heteroatoms. The van der Waals surface area contributed by atoms with Gasteiger partial charge >= 0.3 is 0 Å². The van der Waals surface area contributed by atoms with Crippen molar-refractivity contribution >= 4 is 17.2 Å². The first-order valence-corrected chi connectivity index (χ1v) is 5.03. The first-order valence-electron chi connectivity index (χ1n) is 4.62. The van der Waals surface area contributed by atoms with Crippen LogP contribution in [0.15, 0.2) is 18.5 Å². The molecular weight excluding hydrogens is 212 g/mol. The molecule has 82 valence electrons. The highest BCUT2D eigenvalue weighted by atomic mass is 32.1. The van der Waals surface area contributed by atoms with Crippen LogP contribution in [0.3, 0.4) is 0 Å². The van der Waals surface area contributed by atoms with Crippen molar-refractivity contribution in [2.75, 3.05) is 20.3 Å². The van der Waals surface area contributed by atoms with E-state index in [9.17, 15) is 0 Å². The molecule has 1 aromatic heterocycles. The zero-order chi connectivity index (χ0) is 11.1. The summed E-state index contributed by atoms with van der Waals surface area (Å²) in [5.41, 5.74) is 1.82. The first kappa shape index (κ1) is 12.0. The van der Waals surface area contributed by atoms with Crippen LogP contribution in [0, 0.1) is 0 Å². The molecule has 1 rings (SSSR count). The molecule has 0 radical (unpaired) electrons. The van der Waals surface area contributed by atoms with Gasteiger partial charge in [0.15, 0.2) is 0 Å². The normalized spacial score (nSPS) is 10.0. The van der Waals surface area contributed by atoms with Crippen molar-refractivity contribution in [1.29, 1.82) is 0 Å². The van der Waals surface area contributed by atoms with E-state index in [-0.39, 0.29) is 6.61 Å². The number of aromatic nitrogens is 1. The molecule has 0 bridgehead atoms. The standard InChI is InChI=1S/C10H14N2O2S/c1-11-10(15)9-4-8(5-12-6-9)7-14-3-2-13/h4-6,13H,2-3,7H2,1H3,(H,11,15). The summed E-state index contributed by atoms with van der Waals surface area (Å²) in [6.07, 6.45) is 3.42. The third-order valence-corrected chi connectivity index (χ3v) is 2.23. The van der Waals surface area contributed by atoms with E-state index in [0.29, 0.717) is 18.2 Å². The van der Waals surface area contributed by atoms with Crippen LogP contribution in [0.2, 0.25) is 0 Å². The maximum Gasteiger partial charge on any atom is 0.107 e. The maximum absolute atomic E-state index is 8.55. The average molecular weight is 226 g/mol. The first-order chi connectivity index (χ1) is 7.27. The van der Waals surface area contributed by atoms with Crippen LogP contribution in [0.4, 0.5) is 0 Å². The molecule has 0 aliphatic carbocycles. The number of hydrogen-bond acceptors (Lipinski definition) is 4.